The van der Waals surface area contributed by atoms with E-state index in [0.717, 1.165) is 22.4 Å². The first kappa shape index (κ1) is 10.1. The number of benzene rings is 1. The van der Waals surface area contributed by atoms with Crippen LogP contribution in [0.3, 0.4) is 0 Å². The Kier molecular flexibility index (Phi) is 2.57. The lowest BCUT2D eigenvalue weighted by molar-refractivity contribution is 0.816. The number of aromatic nitrogens is 1. The number of hydrogen-bond acceptors (Lipinski definition) is 4. The second-order valence-corrected chi connectivity index (χ2v) is 5.42. The summed E-state index contributed by atoms with van der Waals surface area (Å²) >= 11 is 5.24. The largest absolute Gasteiger partial charge is 0.381 e. The Bertz CT molecular complexity index is 498. The predicted octanol–water partition coefficient (Wildman–Crippen LogP) is 3.48. The maximum absolute atomic E-state index is 4.11. The van der Waals surface area contributed by atoms with Gasteiger partial charge in [0.25, 0.3) is 0 Å². The van der Waals surface area contributed by atoms with Crippen molar-refractivity contribution in [3.05, 3.63) is 39.3 Å². The Morgan fingerprint density at radius 3 is 3.19 bits per heavy atom. The molecule has 1 aliphatic heterocycles. The van der Waals surface area contributed by atoms with E-state index in [2.05, 4.69) is 37.6 Å². The minimum atomic E-state index is 0.304. The number of hydrogen-bond donors (Lipinski definition) is 2. The lowest BCUT2D eigenvalue weighted by Crippen LogP contribution is -2.25. The third-order valence-electron chi connectivity index (χ3n) is 2.62. The zero-order valence-corrected chi connectivity index (χ0v) is 10.8. The minimum absolute atomic E-state index is 0.304. The van der Waals surface area contributed by atoms with Gasteiger partial charge in [-0.25, -0.2) is 0 Å². The SMILES string of the molecule is Brc1cccc2c1N[C@H](c1cncs1)CN2. The fourth-order valence-corrected chi connectivity index (χ4v) is 2.98. The second-order valence-electron chi connectivity index (χ2n) is 3.64. The molecule has 1 atom stereocenters. The second kappa shape index (κ2) is 4.07. The molecule has 2 aromatic rings. The first-order chi connectivity index (χ1) is 7.84. The Balaban J connectivity index is 1.94. The van der Waals surface area contributed by atoms with Crippen LogP contribution in [-0.4, -0.2) is 11.5 Å². The molecule has 0 unspecified atom stereocenters. The molecule has 16 heavy (non-hydrogen) atoms. The van der Waals surface area contributed by atoms with Gasteiger partial charge in [-0.3, -0.25) is 4.98 Å². The normalized spacial score (nSPS) is 18.4. The molecule has 82 valence electrons. The highest BCUT2D eigenvalue weighted by molar-refractivity contribution is 9.10. The van der Waals surface area contributed by atoms with E-state index in [9.17, 15) is 0 Å². The lowest BCUT2D eigenvalue weighted by Gasteiger charge is -2.28. The summed E-state index contributed by atoms with van der Waals surface area (Å²) in [7, 11) is 0. The third kappa shape index (κ3) is 1.70. The topological polar surface area (TPSA) is 37.0 Å². The molecule has 0 radical (unpaired) electrons. The van der Waals surface area contributed by atoms with Crippen molar-refractivity contribution in [2.45, 2.75) is 6.04 Å². The average Bonchev–Trinajstić information content (AvgIpc) is 2.83. The molecule has 1 aromatic heterocycles. The summed E-state index contributed by atoms with van der Waals surface area (Å²) in [6.07, 6.45) is 1.92. The van der Waals surface area contributed by atoms with Crippen LogP contribution in [0.1, 0.15) is 10.9 Å². The van der Waals surface area contributed by atoms with Crippen molar-refractivity contribution in [3.8, 4) is 0 Å². The van der Waals surface area contributed by atoms with Gasteiger partial charge >= 0.3 is 0 Å². The van der Waals surface area contributed by atoms with E-state index in [4.69, 9.17) is 0 Å². The van der Waals surface area contributed by atoms with Crippen molar-refractivity contribution in [3.63, 3.8) is 0 Å². The Labute approximate surface area is 106 Å². The van der Waals surface area contributed by atoms with Crippen LogP contribution in [0.25, 0.3) is 0 Å². The molecule has 1 aliphatic rings. The maximum atomic E-state index is 4.11. The minimum Gasteiger partial charge on any atom is -0.381 e. The molecule has 2 heterocycles. The number of fused-ring (bicyclic) bond motifs is 1. The number of rotatable bonds is 1. The van der Waals surface area contributed by atoms with Crippen LogP contribution >= 0.6 is 27.3 Å². The van der Waals surface area contributed by atoms with Crippen molar-refractivity contribution >= 4 is 38.6 Å². The first-order valence-corrected chi connectivity index (χ1v) is 6.69. The molecule has 3 rings (SSSR count). The van der Waals surface area contributed by atoms with Crippen LogP contribution in [-0.2, 0) is 0 Å². The van der Waals surface area contributed by atoms with Crippen molar-refractivity contribution in [1.82, 2.24) is 4.98 Å². The maximum Gasteiger partial charge on any atom is 0.0796 e. The zero-order chi connectivity index (χ0) is 11.0. The van der Waals surface area contributed by atoms with Gasteiger partial charge in [-0.05, 0) is 28.1 Å². The van der Waals surface area contributed by atoms with E-state index in [-0.39, 0.29) is 0 Å². The smallest absolute Gasteiger partial charge is 0.0796 e. The van der Waals surface area contributed by atoms with Crippen LogP contribution in [0.4, 0.5) is 11.4 Å². The number of nitrogens with zero attached hydrogens (tertiary/aromatic N) is 1. The fraction of sp³-hybridized carbons (Fsp3) is 0.182. The van der Waals surface area contributed by atoms with Crippen LogP contribution < -0.4 is 10.6 Å². The summed E-state index contributed by atoms with van der Waals surface area (Å²) in [5.74, 6) is 0. The molecule has 3 nitrogen and oxygen atoms in total. The summed E-state index contributed by atoms with van der Waals surface area (Å²) in [6.45, 7) is 0.894. The third-order valence-corrected chi connectivity index (χ3v) is 4.17. The Morgan fingerprint density at radius 2 is 2.38 bits per heavy atom. The Morgan fingerprint density at radius 1 is 1.44 bits per heavy atom. The molecule has 0 aliphatic carbocycles. The summed E-state index contributed by atoms with van der Waals surface area (Å²) in [6, 6.07) is 6.46. The number of halogens is 1. The highest BCUT2D eigenvalue weighted by atomic mass is 79.9. The van der Waals surface area contributed by atoms with E-state index < -0.39 is 0 Å². The number of thiazole rings is 1. The molecular formula is C11H10BrN3S. The zero-order valence-electron chi connectivity index (χ0n) is 8.40. The summed E-state index contributed by atoms with van der Waals surface area (Å²) < 4.78 is 1.09. The molecule has 2 N–H and O–H groups in total. The van der Waals surface area contributed by atoms with E-state index in [0.29, 0.717) is 6.04 Å². The first-order valence-electron chi connectivity index (χ1n) is 5.02. The van der Waals surface area contributed by atoms with Crippen molar-refractivity contribution in [1.29, 1.82) is 0 Å². The summed E-state index contributed by atoms with van der Waals surface area (Å²) in [5.41, 5.74) is 4.15. The van der Waals surface area contributed by atoms with Crippen LogP contribution in [0.15, 0.2) is 34.4 Å². The van der Waals surface area contributed by atoms with Gasteiger partial charge < -0.3 is 10.6 Å². The molecule has 0 bridgehead atoms. The number of anilines is 2. The molecule has 1 aromatic carbocycles. The van der Waals surface area contributed by atoms with Gasteiger partial charge in [-0.1, -0.05) is 6.07 Å². The van der Waals surface area contributed by atoms with Crippen LogP contribution in [0.2, 0.25) is 0 Å². The highest BCUT2D eigenvalue weighted by Crippen LogP contribution is 2.37. The fourth-order valence-electron chi connectivity index (χ4n) is 1.82. The van der Waals surface area contributed by atoms with E-state index in [1.807, 2.05) is 23.8 Å². The molecule has 0 saturated heterocycles. The van der Waals surface area contributed by atoms with Gasteiger partial charge in [0.1, 0.15) is 0 Å². The molecule has 0 amide bonds. The van der Waals surface area contributed by atoms with Crippen molar-refractivity contribution in [2.75, 3.05) is 17.2 Å². The van der Waals surface area contributed by atoms with E-state index in [1.165, 1.54) is 4.88 Å². The molecule has 0 saturated carbocycles. The van der Waals surface area contributed by atoms with Gasteiger partial charge in [-0.2, -0.15) is 0 Å². The van der Waals surface area contributed by atoms with Crippen molar-refractivity contribution < 1.29 is 0 Å². The van der Waals surface area contributed by atoms with Crippen molar-refractivity contribution in [2.24, 2.45) is 0 Å². The molecule has 0 spiro atoms. The number of nitrogens with one attached hydrogen (secondary N) is 2. The molecular weight excluding hydrogens is 286 g/mol. The monoisotopic (exact) mass is 295 g/mol. The van der Waals surface area contributed by atoms with Gasteiger partial charge in [0.15, 0.2) is 0 Å². The van der Waals surface area contributed by atoms with Crippen LogP contribution in [0.5, 0.6) is 0 Å². The summed E-state index contributed by atoms with van der Waals surface area (Å²) in [4.78, 5) is 5.37. The predicted molar refractivity (Wildman–Crippen MR) is 71.1 cm³/mol. The lowest BCUT2D eigenvalue weighted by atomic mass is 10.1. The van der Waals surface area contributed by atoms with E-state index >= 15 is 0 Å². The van der Waals surface area contributed by atoms with Crippen LogP contribution in [0, 0.1) is 0 Å². The molecule has 5 heteroatoms. The Hall–Kier alpha value is -1.07. The van der Waals surface area contributed by atoms with Gasteiger partial charge in [-0.15, -0.1) is 11.3 Å². The molecule has 0 fully saturated rings. The van der Waals surface area contributed by atoms with Gasteiger partial charge in [0.2, 0.25) is 0 Å². The number of para-hydroxylation sites is 1. The summed E-state index contributed by atoms with van der Waals surface area (Å²) in [5, 5.41) is 6.96. The quantitative estimate of drug-likeness (QED) is 0.846. The van der Waals surface area contributed by atoms with E-state index in [1.54, 1.807) is 11.3 Å². The van der Waals surface area contributed by atoms with Gasteiger partial charge in [0.05, 0.1) is 22.9 Å². The van der Waals surface area contributed by atoms with Gasteiger partial charge in [0, 0.05) is 22.1 Å². The standard InChI is InChI=1S/C11H10BrN3S/c12-7-2-1-3-8-11(7)15-9(4-14-8)10-5-13-6-16-10/h1-3,5-6,9,14-15H,4H2/t9-/m0/s1. The average molecular weight is 296 g/mol. The highest BCUT2D eigenvalue weighted by Gasteiger charge is 2.20.